The van der Waals surface area contributed by atoms with E-state index in [1.54, 1.807) is 24.3 Å². The number of carbonyl (C=O) groups is 1. The van der Waals surface area contributed by atoms with Crippen molar-refractivity contribution < 1.29 is 4.79 Å². The van der Waals surface area contributed by atoms with Gasteiger partial charge in [0.25, 0.3) is 5.91 Å². The molecule has 23 heavy (non-hydrogen) atoms. The van der Waals surface area contributed by atoms with E-state index in [0.717, 1.165) is 24.1 Å². The molecule has 4 nitrogen and oxygen atoms in total. The minimum atomic E-state index is -0.190. The lowest BCUT2D eigenvalue weighted by Gasteiger charge is -2.13. The summed E-state index contributed by atoms with van der Waals surface area (Å²) >= 11 is 5.78. The molecule has 0 saturated carbocycles. The number of benzene rings is 1. The molecular weight excluding hydrogens is 310 g/mol. The van der Waals surface area contributed by atoms with Gasteiger partial charge in [0.2, 0.25) is 0 Å². The van der Waals surface area contributed by atoms with Crippen LogP contribution in [0.2, 0.25) is 0 Å². The Hall–Kier alpha value is -2.38. The maximum absolute atomic E-state index is 12.6. The van der Waals surface area contributed by atoms with E-state index in [-0.39, 0.29) is 5.91 Å². The van der Waals surface area contributed by atoms with Crippen LogP contribution in [-0.4, -0.2) is 16.8 Å². The Balaban J connectivity index is 2.28. The smallest absolute Gasteiger partial charge is 0.257 e. The van der Waals surface area contributed by atoms with Gasteiger partial charge in [-0.05, 0) is 62.6 Å². The zero-order valence-electron chi connectivity index (χ0n) is 13.2. The monoisotopic (exact) mass is 327 g/mol. The van der Waals surface area contributed by atoms with Crippen LogP contribution < -0.4 is 5.32 Å². The Morgan fingerprint density at radius 3 is 2.61 bits per heavy atom. The lowest BCUT2D eigenvalue weighted by molar-refractivity contribution is 0.102. The first-order valence-electron chi connectivity index (χ1n) is 7.39. The molecule has 1 aromatic heterocycles. The van der Waals surface area contributed by atoms with E-state index in [1.807, 2.05) is 19.9 Å². The number of nitriles is 1. The third-order valence-corrected chi connectivity index (χ3v) is 3.76. The largest absolute Gasteiger partial charge is 0.322 e. The number of hydrogen-bond donors (Lipinski definition) is 1. The van der Waals surface area contributed by atoms with Crippen LogP contribution in [0.15, 0.2) is 30.3 Å². The summed E-state index contributed by atoms with van der Waals surface area (Å²) in [5, 5.41) is 11.7. The molecule has 1 heterocycles. The van der Waals surface area contributed by atoms with Gasteiger partial charge in [-0.1, -0.05) is 0 Å². The maximum atomic E-state index is 12.6. The summed E-state index contributed by atoms with van der Waals surface area (Å²) in [5.74, 6) is 0.362. The molecule has 1 N–H and O–H groups in total. The zero-order valence-corrected chi connectivity index (χ0v) is 13.9. The van der Waals surface area contributed by atoms with E-state index in [1.165, 1.54) is 0 Å². The van der Waals surface area contributed by atoms with Crippen molar-refractivity contribution in [3.8, 4) is 6.07 Å². The minimum absolute atomic E-state index is 0.190. The number of nitrogens with one attached hydrogen (secondary N) is 1. The normalized spacial score (nSPS) is 10.2. The van der Waals surface area contributed by atoms with Gasteiger partial charge >= 0.3 is 0 Å². The van der Waals surface area contributed by atoms with Crippen molar-refractivity contribution in [2.45, 2.75) is 26.7 Å². The first-order chi connectivity index (χ1) is 11.0. The number of aryl methyl sites for hydroxylation is 3. The zero-order chi connectivity index (χ0) is 16.8. The highest BCUT2D eigenvalue weighted by Gasteiger charge is 2.16. The van der Waals surface area contributed by atoms with Crippen LogP contribution >= 0.6 is 11.6 Å². The SMILES string of the molecule is Cc1cc(CCCCl)c(C(=O)Nc2ccc(C#N)cc2)c(C)n1. The molecule has 0 saturated heterocycles. The van der Waals surface area contributed by atoms with Gasteiger partial charge in [-0.15, -0.1) is 11.6 Å². The molecule has 118 valence electrons. The van der Waals surface area contributed by atoms with Crippen molar-refractivity contribution in [3.63, 3.8) is 0 Å². The molecule has 2 rings (SSSR count). The van der Waals surface area contributed by atoms with Crippen LogP contribution in [-0.2, 0) is 6.42 Å². The number of carbonyl (C=O) groups excluding carboxylic acids is 1. The predicted octanol–water partition coefficient (Wildman–Crippen LogP) is 3.99. The fourth-order valence-corrected chi connectivity index (χ4v) is 2.63. The number of nitrogens with zero attached hydrogens (tertiary/aromatic N) is 2. The van der Waals surface area contributed by atoms with Crippen molar-refractivity contribution in [1.82, 2.24) is 4.98 Å². The third-order valence-electron chi connectivity index (χ3n) is 3.49. The van der Waals surface area contributed by atoms with Gasteiger partial charge in [-0.25, -0.2) is 0 Å². The van der Waals surface area contributed by atoms with Gasteiger partial charge in [-0.3, -0.25) is 9.78 Å². The second-order valence-corrected chi connectivity index (χ2v) is 5.70. The van der Waals surface area contributed by atoms with Gasteiger partial charge in [0.1, 0.15) is 0 Å². The maximum Gasteiger partial charge on any atom is 0.257 e. The van der Waals surface area contributed by atoms with E-state index in [0.29, 0.717) is 28.4 Å². The molecule has 0 bridgehead atoms. The van der Waals surface area contributed by atoms with Gasteiger partial charge in [0, 0.05) is 17.3 Å². The number of hydrogen-bond acceptors (Lipinski definition) is 3. The molecule has 1 aromatic carbocycles. The van der Waals surface area contributed by atoms with E-state index < -0.39 is 0 Å². The lowest BCUT2D eigenvalue weighted by atomic mass is 10.0. The number of pyridine rings is 1. The van der Waals surface area contributed by atoms with Crippen molar-refractivity contribution in [2.75, 3.05) is 11.2 Å². The van der Waals surface area contributed by atoms with Crippen LogP contribution in [0.5, 0.6) is 0 Å². The molecule has 0 radical (unpaired) electrons. The summed E-state index contributed by atoms with van der Waals surface area (Å²) in [4.78, 5) is 17.0. The predicted molar refractivity (Wildman–Crippen MR) is 91.9 cm³/mol. The fraction of sp³-hybridized carbons (Fsp3) is 0.278. The summed E-state index contributed by atoms with van der Waals surface area (Å²) in [7, 11) is 0. The van der Waals surface area contributed by atoms with Crippen LogP contribution in [0.25, 0.3) is 0 Å². The minimum Gasteiger partial charge on any atom is -0.322 e. The molecule has 0 fully saturated rings. The Morgan fingerprint density at radius 2 is 2.00 bits per heavy atom. The molecule has 0 aliphatic rings. The average molecular weight is 328 g/mol. The van der Waals surface area contributed by atoms with Crippen molar-refractivity contribution in [1.29, 1.82) is 5.26 Å². The lowest BCUT2D eigenvalue weighted by Crippen LogP contribution is -2.17. The number of rotatable bonds is 5. The quantitative estimate of drug-likeness (QED) is 0.844. The van der Waals surface area contributed by atoms with E-state index in [9.17, 15) is 4.79 Å². The van der Waals surface area contributed by atoms with E-state index in [4.69, 9.17) is 16.9 Å². The van der Waals surface area contributed by atoms with Gasteiger partial charge in [0.05, 0.1) is 22.9 Å². The van der Waals surface area contributed by atoms with Crippen LogP contribution in [0, 0.1) is 25.2 Å². The summed E-state index contributed by atoms with van der Waals surface area (Å²) in [6.45, 7) is 3.75. The molecule has 5 heteroatoms. The fourth-order valence-electron chi connectivity index (χ4n) is 2.50. The molecule has 0 spiro atoms. The Bertz CT molecular complexity index is 748. The number of halogens is 1. The molecule has 0 atom stereocenters. The van der Waals surface area contributed by atoms with Crippen molar-refractivity contribution >= 4 is 23.2 Å². The standard InChI is InChI=1S/C18H18ClN3O/c1-12-10-15(4-3-9-19)17(13(2)21-12)18(23)22-16-7-5-14(11-20)6-8-16/h5-8,10H,3-4,9H2,1-2H3,(H,22,23). The second kappa shape index (κ2) is 7.75. The van der Waals surface area contributed by atoms with E-state index >= 15 is 0 Å². The van der Waals surface area contributed by atoms with E-state index in [2.05, 4.69) is 16.4 Å². The molecule has 0 aliphatic carbocycles. The van der Waals surface area contributed by atoms with Crippen LogP contribution in [0.3, 0.4) is 0 Å². The Labute approximate surface area is 141 Å². The summed E-state index contributed by atoms with van der Waals surface area (Å²) in [6.07, 6.45) is 1.55. The highest BCUT2D eigenvalue weighted by atomic mass is 35.5. The summed E-state index contributed by atoms with van der Waals surface area (Å²) in [6, 6.07) is 10.8. The average Bonchev–Trinajstić information content (AvgIpc) is 2.52. The molecule has 1 amide bonds. The Morgan fingerprint density at radius 1 is 1.30 bits per heavy atom. The number of aromatic nitrogens is 1. The summed E-state index contributed by atoms with van der Waals surface area (Å²) < 4.78 is 0. The first-order valence-corrected chi connectivity index (χ1v) is 7.93. The van der Waals surface area contributed by atoms with Gasteiger partial charge in [0.15, 0.2) is 0 Å². The number of anilines is 1. The van der Waals surface area contributed by atoms with Crippen molar-refractivity contribution in [2.24, 2.45) is 0 Å². The Kier molecular flexibility index (Phi) is 5.72. The highest BCUT2D eigenvalue weighted by Crippen LogP contribution is 2.19. The second-order valence-electron chi connectivity index (χ2n) is 5.32. The summed E-state index contributed by atoms with van der Waals surface area (Å²) in [5.41, 5.74) is 4.37. The number of amides is 1. The first kappa shape index (κ1) is 17.0. The van der Waals surface area contributed by atoms with Gasteiger partial charge < -0.3 is 5.32 Å². The third kappa shape index (κ3) is 4.30. The van der Waals surface area contributed by atoms with Crippen molar-refractivity contribution in [3.05, 3.63) is 58.4 Å². The van der Waals surface area contributed by atoms with Gasteiger partial charge in [-0.2, -0.15) is 5.26 Å². The molecule has 0 aliphatic heterocycles. The van der Waals surface area contributed by atoms with Crippen LogP contribution in [0.4, 0.5) is 5.69 Å². The highest BCUT2D eigenvalue weighted by molar-refractivity contribution is 6.17. The number of alkyl halides is 1. The van der Waals surface area contributed by atoms with Crippen LogP contribution in [0.1, 0.15) is 39.3 Å². The molecule has 2 aromatic rings. The molecule has 0 unspecified atom stereocenters. The topological polar surface area (TPSA) is 65.8 Å². The molecular formula is C18H18ClN3O.